The van der Waals surface area contributed by atoms with Crippen LogP contribution in [0.25, 0.3) is 0 Å². The summed E-state index contributed by atoms with van der Waals surface area (Å²) in [6, 6.07) is 6.43. The van der Waals surface area contributed by atoms with Gasteiger partial charge < -0.3 is 14.8 Å². The monoisotopic (exact) mass is 291 g/mol. The molecular formula is C18H29NO2. The maximum absolute atomic E-state index is 5.58. The van der Waals surface area contributed by atoms with Crippen molar-refractivity contribution in [2.45, 2.75) is 45.1 Å². The first-order chi connectivity index (χ1) is 10.2. The smallest absolute Gasteiger partial charge is 0.123 e. The molecule has 1 saturated carbocycles. The van der Waals surface area contributed by atoms with Crippen molar-refractivity contribution in [3.8, 4) is 11.5 Å². The number of hydrogen-bond donors (Lipinski definition) is 1. The Morgan fingerprint density at radius 3 is 2.67 bits per heavy atom. The number of rotatable bonds is 6. The van der Waals surface area contributed by atoms with Crippen molar-refractivity contribution in [1.82, 2.24) is 5.32 Å². The molecule has 0 saturated heterocycles. The normalized spacial score (nSPS) is 23.6. The van der Waals surface area contributed by atoms with Crippen LogP contribution in [-0.4, -0.2) is 21.3 Å². The van der Waals surface area contributed by atoms with Crippen LogP contribution in [0.5, 0.6) is 11.5 Å². The van der Waals surface area contributed by atoms with E-state index in [1.54, 1.807) is 14.2 Å². The summed E-state index contributed by atoms with van der Waals surface area (Å²) >= 11 is 0. The molecule has 21 heavy (non-hydrogen) atoms. The number of nitrogens with one attached hydrogen (secondary N) is 1. The van der Waals surface area contributed by atoms with Crippen LogP contribution in [0.15, 0.2) is 18.2 Å². The fourth-order valence-electron chi connectivity index (χ4n) is 3.73. The lowest BCUT2D eigenvalue weighted by Gasteiger charge is -2.35. The molecule has 3 atom stereocenters. The van der Waals surface area contributed by atoms with Crippen LogP contribution >= 0.6 is 0 Å². The van der Waals surface area contributed by atoms with Gasteiger partial charge in [0.05, 0.1) is 14.2 Å². The minimum absolute atomic E-state index is 0.337. The third kappa shape index (κ3) is 3.70. The number of hydrogen-bond acceptors (Lipinski definition) is 3. The molecule has 1 fully saturated rings. The van der Waals surface area contributed by atoms with Crippen molar-refractivity contribution in [2.75, 3.05) is 21.3 Å². The van der Waals surface area contributed by atoms with Crippen LogP contribution in [0.1, 0.15) is 50.6 Å². The largest absolute Gasteiger partial charge is 0.497 e. The summed E-state index contributed by atoms with van der Waals surface area (Å²) in [6.07, 6.45) is 6.62. The molecule has 1 N–H and O–H groups in total. The summed E-state index contributed by atoms with van der Waals surface area (Å²) < 4.78 is 11.0. The Labute approximate surface area is 129 Å². The van der Waals surface area contributed by atoms with Crippen molar-refractivity contribution in [3.63, 3.8) is 0 Å². The first-order valence-corrected chi connectivity index (χ1v) is 8.12. The van der Waals surface area contributed by atoms with Gasteiger partial charge in [-0.1, -0.05) is 26.2 Å². The summed E-state index contributed by atoms with van der Waals surface area (Å²) in [4.78, 5) is 0. The van der Waals surface area contributed by atoms with Gasteiger partial charge in [0.15, 0.2) is 0 Å². The minimum atomic E-state index is 0.337. The second-order valence-electron chi connectivity index (χ2n) is 6.08. The predicted octanol–water partition coefficient (Wildman–Crippen LogP) is 4.18. The SMILES string of the molecule is CCC1CCCC(C(NC)c2cc(OC)ccc2OC)C1. The summed E-state index contributed by atoms with van der Waals surface area (Å²) in [6.45, 7) is 2.31. The molecule has 0 radical (unpaired) electrons. The highest BCUT2D eigenvalue weighted by atomic mass is 16.5. The molecule has 0 bridgehead atoms. The van der Waals surface area contributed by atoms with Crippen LogP contribution in [0.2, 0.25) is 0 Å². The Bertz CT molecular complexity index is 447. The topological polar surface area (TPSA) is 30.5 Å². The molecule has 3 nitrogen and oxygen atoms in total. The van der Waals surface area contributed by atoms with Gasteiger partial charge >= 0.3 is 0 Å². The lowest BCUT2D eigenvalue weighted by Crippen LogP contribution is -2.29. The standard InChI is InChI=1S/C18H29NO2/c1-5-13-7-6-8-14(11-13)18(19-2)16-12-15(20-3)9-10-17(16)21-4/h9-10,12-14,18-19H,5-8,11H2,1-4H3. The molecule has 2 rings (SSSR count). The first kappa shape index (κ1) is 16.2. The fourth-order valence-corrected chi connectivity index (χ4v) is 3.73. The maximum atomic E-state index is 5.58. The average Bonchev–Trinajstić information content (AvgIpc) is 2.55. The van der Waals surface area contributed by atoms with Gasteiger partial charge in [0.1, 0.15) is 11.5 Å². The molecule has 0 spiro atoms. The molecule has 1 aromatic carbocycles. The van der Waals surface area contributed by atoms with E-state index in [-0.39, 0.29) is 0 Å². The zero-order chi connectivity index (χ0) is 15.2. The Morgan fingerprint density at radius 2 is 2.05 bits per heavy atom. The van der Waals surface area contributed by atoms with E-state index < -0.39 is 0 Å². The summed E-state index contributed by atoms with van der Waals surface area (Å²) in [5.74, 6) is 3.40. The van der Waals surface area contributed by atoms with Crippen LogP contribution < -0.4 is 14.8 Å². The zero-order valence-electron chi connectivity index (χ0n) is 13.8. The third-order valence-electron chi connectivity index (χ3n) is 4.96. The Hall–Kier alpha value is -1.22. The molecule has 3 unspecified atom stereocenters. The van der Waals surface area contributed by atoms with Crippen LogP contribution in [0, 0.1) is 11.8 Å². The van der Waals surface area contributed by atoms with Crippen molar-refractivity contribution < 1.29 is 9.47 Å². The van der Waals surface area contributed by atoms with Crippen LogP contribution in [0.3, 0.4) is 0 Å². The molecule has 1 aliphatic rings. The lowest BCUT2D eigenvalue weighted by molar-refractivity contribution is 0.212. The highest BCUT2D eigenvalue weighted by molar-refractivity contribution is 5.42. The van der Waals surface area contributed by atoms with Gasteiger partial charge in [0.25, 0.3) is 0 Å². The summed E-state index contributed by atoms with van der Waals surface area (Å²) in [5.41, 5.74) is 1.22. The zero-order valence-corrected chi connectivity index (χ0v) is 13.8. The van der Waals surface area contributed by atoms with Crippen molar-refractivity contribution in [2.24, 2.45) is 11.8 Å². The van der Waals surface area contributed by atoms with E-state index in [1.165, 1.54) is 37.7 Å². The van der Waals surface area contributed by atoms with E-state index in [2.05, 4.69) is 25.4 Å². The highest BCUT2D eigenvalue weighted by Gasteiger charge is 2.29. The van der Waals surface area contributed by atoms with Crippen LogP contribution in [0.4, 0.5) is 0 Å². The van der Waals surface area contributed by atoms with Crippen molar-refractivity contribution in [1.29, 1.82) is 0 Å². The Morgan fingerprint density at radius 1 is 1.24 bits per heavy atom. The molecule has 0 aliphatic heterocycles. The molecule has 1 aromatic rings. The number of ether oxygens (including phenoxy) is 2. The molecule has 0 amide bonds. The van der Waals surface area contributed by atoms with Gasteiger partial charge in [-0.3, -0.25) is 0 Å². The molecule has 0 aromatic heterocycles. The number of methoxy groups -OCH3 is 2. The summed E-state index contributed by atoms with van der Waals surface area (Å²) in [7, 11) is 5.51. The molecule has 118 valence electrons. The lowest BCUT2D eigenvalue weighted by atomic mass is 9.75. The summed E-state index contributed by atoms with van der Waals surface area (Å²) in [5, 5.41) is 3.52. The maximum Gasteiger partial charge on any atom is 0.123 e. The number of benzene rings is 1. The van der Waals surface area contributed by atoms with E-state index in [4.69, 9.17) is 9.47 Å². The third-order valence-corrected chi connectivity index (χ3v) is 4.96. The van der Waals surface area contributed by atoms with Gasteiger partial charge in [-0.15, -0.1) is 0 Å². The van der Waals surface area contributed by atoms with E-state index >= 15 is 0 Å². The minimum Gasteiger partial charge on any atom is -0.497 e. The quantitative estimate of drug-likeness (QED) is 0.853. The second-order valence-corrected chi connectivity index (χ2v) is 6.08. The Balaban J connectivity index is 2.27. The average molecular weight is 291 g/mol. The second kappa shape index (κ2) is 7.69. The molecule has 0 heterocycles. The first-order valence-electron chi connectivity index (χ1n) is 8.12. The Kier molecular flexibility index (Phi) is 5.92. The van der Waals surface area contributed by atoms with Crippen molar-refractivity contribution >= 4 is 0 Å². The van der Waals surface area contributed by atoms with E-state index in [1.807, 2.05) is 12.1 Å². The van der Waals surface area contributed by atoms with Gasteiger partial charge in [0.2, 0.25) is 0 Å². The highest BCUT2D eigenvalue weighted by Crippen LogP contribution is 2.41. The van der Waals surface area contributed by atoms with Crippen LogP contribution in [-0.2, 0) is 0 Å². The van der Waals surface area contributed by atoms with E-state index in [9.17, 15) is 0 Å². The van der Waals surface area contributed by atoms with Gasteiger partial charge in [-0.25, -0.2) is 0 Å². The van der Waals surface area contributed by atoms with Crippen molar-refractivity contribution in [3.05, 3.63) is 23.8 Å². The molecular weight excluding hydrogens is 262 g/mol. The fraction of sp³-hybridized carbons (Fsp3) is 0.667. The van der Waals surface area contributed by atoms with Gasteiger partial charge in [-0.2, -0.15) is 0 Å². The van der Waals surface area contributed by atoms with Gasteiger partial charge in [-0.05, 0) is 49.9 Å². The molecule has 1 aliphatic carbocycles. The predicted molar refractivity (Wildman–Crippen MR) is 87.1 cm³/mol. The van der Waals surface area contributed by atoms with Gasteiger partial charge in [0, 0.05) is 11.6 Å². The van der Waals surface area contributed by atoms with E-state index in [0.29, 0.717) is 12.0 Å². The molecule has 3 heteroatoms. The van der Waals surface area contributed by atoms with E-state index in [0.717, 1.165) is 17.4 Å².